The van der Waals surface area contributed by atoms with Gasteiger partial charge in [0.1, 0.15) is 6.04 Å². The third-order valence-electron chi connectivity index (χ3n) is 4.60. The summed E-state index contributed by atoms with van der Waals surface area (Å²) in [5, 5.41) is 6.79. The van der Waals surface area contributed by atoms with Gasteiger partial charge in [-0.25, -0.2) is 8.42 Å². The summed E-state index contributed by atoms with van der Waals surface area (Å²) in [5.41, 5.74) is 1.58. The number of halogens is 1. The number of thiophene rings is 1. The lowest BCUT2D eigenvalue weighted by molar-refractivity contribution is 0.375. The normalized spacial score (nSPS) is 16.9. The second-order valence-electron chi connectivity index (χ2n) is 6.97. The van der Waals surface area contributed by atoms with Crippen LogP contribution < -0.4 is 4.72 Å². The number of sulfonamides is 2. The predicted molar refractivity (Wildman–Crippen MR) is 124 cm³/mol. The van der Waals surface area contributed by atoms with E-state index in [1.54, 1.807) is 24.3 Å². The molecule has 0 amide bonds. The maximum atomic E-state index is 13.4. The summed E-state index contributed by atoms with van der Waals surface area (Å²) in [4.78, 5) is 0.956. The zero-order chi connectivity index (χ0) is 22.2. The SMILES string of the molecule is CS(=O)(=O)Nc1cccc(C2=NN(S(=O)(=O)c3ccc(Cl)cc3)[C@@H](c3cccs3)C2)c1. The molecule has 3 aromatic rings. The lowest BCUT2D eigenvalue weighted by atomic mass is 10.0. The number of hydrogen-bond donors (Lipinski definition) is 1. The van der Waals surface area contributed by atoms with Crippen molar-refractivity contribution in [1.29, 1.82) is 0 Å². The Hall–Kier alpha value is -2.40. The third kappa shape index (κ3) is 4.77. The number of anilines is 1. The molecule has 0 saturated heterocycles. The quantitative estimate of drug-likeness (QED) is 0.551. The standard InChI is InChI=1S/C20H18ClN3O4S3/c1-30(25,26)23-16-5-2-4-14(12-16)18-13-19(20-6-3-11-29-20)24(22-18)31(27,28)17-9-7-15(21)8-10-17/h2-12,19,23H,13H2,1H3/t19-/m1/s1. The molecule has 11 heteroatoms. The molecule has 0 spiro atoms. The second-order valence-corrected chi connectivity index (χ2v) is 11.9. The molecule has 0 unspecified atom stereocenters. The predicted octanol–water partition coefficient (Wildman–Crippen LogP) is 4.31. The molecule has 1 aliphatic heterocycles. The molecule has 4 rings (SSSR count). The van der Waals surface area contributed by atoms with Crippen molar-refractivity contribution in [2.75, 3.05) is 11.0 Å². The number of nitrogens with zero attached hydrogens (tertiary/aromatic N) is 2. The monoisotopic (exact) mass is 495 g/mol. The molecule has 1 aromatic heterocycles. The Bertz CT molecular complexity index is 1340. The van der Waals surface area contributed by atoms with Gasteiger partial charge in [-0.1, -0.05) is 29.8 Å². The average molecular weight is 496 g/mol. The van der Waals surface area contributed by atoms with Crippen LogP contribution in [0.2, 0.25) is 5.02 Å². The highest BCUT2D eigenvalue weighted by Gasteiger charge is 2.38. The minimum absolute atomic E-state index is 0.0935. The van der Waals surface area contributed by atoms with Gasteiger partial charge in [0.2, 0.25) is 10.0 Å². The van der Waals surface area contributed by atoms with Gasteiger partial charge in [-0.2, -0.15) is 17.9 Å². The first-order valence-electron chi connectivity index (χ1n) is 9.12. The summed E-state index contributed by atoms with van der Waals surface area (Å²) < 4.78 is 53.4. The summed E-state index contributed by atoms with van der Waals surface area (Å²) in [6, 6.07) is 15.9. The summed E-state index contributed by atoms with van der Waals surface area (Å²) in [6.45, 7) is 0. The van der Waals surface area contributed by atoms with Gasteiger partial charge in [0, 0.05) is 22.0 Å². The van der Waals surface area contributed by atoms with E-state index in [4.69, 9.17) is 11.6 Å². The fourth-order valence-corrected chi connectivity index (χ4v) is 6.25. The first-order chi connectivity index (χ1) is 14.6. The Morgan fingerprint density at radius 2 is 1.81 bits per heavy atom. The molecule has 0 bridgehead atoms. The van der Waals surface area contributed by atoms with Crippen LogP contribution in [0.5, 0.6) is 0 Å². The van der Waals surface area contributed by atoms with Crippen LogP contribution >= 0.6 is 22.9 Å². The molecule has 0 radical (unpaired) electrons. The first-order valence-corrected chi connectivity index (χ1v) is 13.7. The van der Waals surface area contributed by atoms with Crippen LogP contribution in [0, 0.1) is 0 Å². The van der Waals surface area contributed by atoms with E-state index in [1.165, 1.54) is 35.6 Å². The average Bonchev–Trinajstić information content (AvgIpc) is 3.37. The number of nitrogens with one attached hydrogen (secondary N) is 1. The number of benzene rings is 2. The van der Waals surface area contributed by atoms with Crippen molar-refractivity contribution >= 4 is 54.4 Å². The van der Waals surface area contributed by atoms with Crippen LogP contribution in [0.25, 0.3) is 0 Å². The van der Waals surface area contributed by atoms with Crippen LogP contribution in [-0.4, -0.2) is 33.2 Å². The maximum Gasteiger partial charge on any atom is 0.279 e. The molecule has 31 heavy (non-hydrogen) atoms. The Balaban J connectivity index is 1.76. The van der Waals surface area contributed by atoms with Crippen molar-refractivity contribution in [3.8, 4) is 0 Å². The van der Waals surface area contributed by atoms with Gasteiger partial charge in [-0.15, -0.1) is 11.3 Å². The summed E-state index contributed by atoms with van der Waals surface area (Å²) in [6.07, 6.45) is 1.43. The summed E-state index contributed by atoms with van der Waals surface area (Å²) >= 11 is 7.37. The van der Waals surface area contributed by atoms with Crippen LogP contribution in [0.4, 0.5) is 5.69 Å². The van der Waals surface area contributed by atoms with Crippen LogP contribution in [0.15, 0.2) is 76.0 Å². The van der Waals surface area contributed by atoms with Crippen molar-refractivity contribution in [3.63, 3.8) is 0 Å². The minimum Gasteiger partial charge on any atom is -0.284 e. The third-order valence-corrected chi connectivity index (χ3v) is 8.13. The molecule has 0 saturated carbocycles. The van der Waals surface area contributed by atoms with E-state index in [-0.39, 0.29) is 4.90 Å². The van der Waals surface area contributed by atoms with E-state index in [1.807, 2.05) is 17.5 Å². The Morgan fingerprint density at radius 1 is 1.06 bits per heavy atom. The highest BCUT2D eigenvalue weighted by atomic mass is 35.5. The van der Waals surface area contributed by atoms with Crippen LogP contribution in [0.1, 0.15) is 22.9 Å². The lowest BCUT2D eigenvalue weighted by Gasteiger charge is -2.22. The molecule has 7 nitrogen and oxygen atoms in total. The van der Waals surface area contributed by atoms with Crippen molar-refractivity contribution < 1.29 is 16.8 Å². The largest absolute Gasteiger partial charge is 0.284 e. The van der Waals surface area contributed by atoms with Gasteiger partial charge in [-0.05, 0) is 53.4 Å². The van der Waals surface area contributed by atoms with E-state index in [0.717, 1.165) is 15.5 Å². The number of hydrogen-bond acceptors (Lipinski definition) is 6. The highest BCUT2D eigenvalue weighted by Crippen LogP contribution is 2.39. The first kappa shape index (κ1) is 21.8. The van der Waals surface area contributed by atoms with Crippen molar-refractivity contribution in [2.45, 2.75) is 17.4 Å². The molecule has 162 valence electrons. The Labute approximate surface area is 190 Å². The molecule has 2 heterocycles. The van der Waals surface area contributed by atoms with E-state index in [2.05, 4.69) is 9.82 Å². The molecule has 1 N–H and O–H groups in total. The van der Waals surface area contributed by atoms with Crippen LogP contribution in [0.3, 0.4) is 0 Å². The zero-order valence-corrected chi connectivity index (χ0v) is 19.5. The van der Waals surface area contributed by atoms with Crippen LogP contribution in [-0.2, 0) is 20.0 Å². The van der Waals surface area contributed by atoms with E-state index < -0.39 is 26.1 Å². The topological polar surface area (TPSA) is 95.9 Å². The summed E-state index contributed by atoms with van der Waals surface area (Å²) in [7, 11) is -7.37. The van der Waals surface area contributed by atoms with Gasteiger partial charge < -0.3 is 0 Å². The summed E-state index contributed by atoms with van der Waals surface area (Å²) in [5.74, 6) is 0. The van der Waals surface area contributed by atoms with Crippen molar-refractivity contribution in [2.24, 2.45) is 5.10 Å². The fourth-order valence-electron chi connectivity index (χ4n) is 3.27. The number of hydrazone groups is 1. The van der Waals surface area contributed by atoms with Gasteiger partial charge in [0.05, 0.1) is 16.9 Å². The van der Waals surface area contributed by atoms with Gasteiger partial charge in [0.25, 0.3) is 10.0 Å². The molecule has 1 atom stereocenters. The van der Waals surface area contributed by atoms with Crippen molar-refractivity contribution in [3.05, 3.63) is 81.5 Å². The molecule has 0 aliphatic carbocycles. The van der Waals surface area contributed by atoms with Crippen molar-refractivity contribution in [1.82, 2.24) is 4.41 Å². The second kappa shape index (κ2) is 8.27. The Kier molecular flexibility index (Phi) is 5.82. The maximum absolute atomic E-state index is 13.4. The minimum atomic E-state index is -3.93. The fraction of sp³-hybridized carbons (Fsp3) is 0.150. The zero-order valence-electron chi connectivity index (χ0n) is 16.3. The smallest absolute Gasteiger partial charge is 0.279 e. The number of rotatable bonds is 6. The lowest BCUT2D eigenvalue weighted by Crippen LogP contribution is -2.26. The van der Waals surface area contributed by atoms with E-state index >= 15 is 0 Å². The molecule has 0 fully saturated rings. The van der Waals surface area contributed by atoms with Gasteiger partial charge in [0.15, 0.2) is 0 Å². The molecular formula is C20H18ClN3O4S3. The van der Waals surface area contributed by atoms with Gasteiger partial charge >= 0.3 is 0 Å². The highest BCUT2D eigenvalue weighted by molar-refractivity contribution is 7.92. The Morgan fingerprint density at radius 3 is 2.45 bits per heavy atom. The molecular weight excluding hydrogens is 478 g/mol. The van der Waals surface area contributed by atoms with Gasteiger partial charge in [-0.3, -0.25) is 4.72 Å². The van der Waals surface area contributed by atoms with E-state index in [0.29, 0.717) is 28.4 Å². The molecule has 1 aliphatic rings. The molecule has 2 aromatic carbocycles. The van der Waals surface area contributed by atoms with E-state index in [9.17, 15) is 16.8 Å².